The molecule has 15 heavy (non-hydrogen) atoms. The van der Waals surface area contributed by atoms with Gasteiger partial charge in [0.25, 0.3) is 0 Å². The van der Waals surface area contributed by atoms with E-state index < -0.39 is 0 Å². The van der Waals surface area contributed by atoms with Crippen LogP contribution in [0.3, 0.4) is 0 Å². The number of rotatable bonds is 3. The molecule has 1 aromatic heterocycles. The van der Waals surface area contributed by atoms with Crippen molar-refractivity contribution >= 4 is 17.3 Å². The summed E-state index contributed by atoms with van der Waals surface area (Å²) in [6.45, 7) is 1.87. The van der Waals surface area contributed by atoms with E-state index in [1.165, 1.54) is 12.0 Å². The van der Waals surface area contributed by atoms with Gasteiger partial charge in [-0.3, -0.25) is 9.69 Å². The van der Waals surface area contributed by atoms with Crippen molar-refractivity contribution in [2.75, 3.05) is 13.7 Å². The molecule has 1 saturated heterocycles. The Hall–Kier alpha value is -0.870. The first-order chi connectivity index (χ1) is 7.31. The molecule has 0 aliphatic carbocycles. The summed E-state index contributed by atoms with van der Waals surface area (Å²) in [4.78, 5) is 15.0. The molecule has 2 rings (SSSR count). The maximum absolute atomic E-state index is 11.5. The van der Waals surface area contributed by atoms with Crippen molar-refractivity contribution in [2.45, 2.75) is 25.4 Å². The summed E-state index contributed by atoms with van der Waals surface area (Å²) in [7, 11) is 1.46. The predicted octanol–water partition coefficient (Wildman–Crippen LogP) is 1.89. The van der Waals surface area contributed by atoms with Crippen molar-refractivity contribution in [1.82, 2.24) is 4.90 Å². The number of hydrogen-bond donors (Lipinski definition) is 0. The van der Waals surface area contributed by atoms with Crippen LogP contribution in [0.15, 0.2) is 17.5 Å². The Morgan fingerprint density at radius 1 is 1.73 bits per heavy atom. The maximum Gasteiger partial charge on any atom is 0.323 e. The Labute approximate surface area is 93.7 Å². The molecule has 4 heteroatoms. The summed E-state index contributed by atoms with van der Waals surface area (Å²) in [5, 5.41) is 2.07. The molecule has 0 saturated carbocycles. The molecule has 2 heterocycles. The molecule has 0 amide bonds. The van der Waals surface area contributed by atoms with Gasteiger partial charge >= 0.3 is 5.97 Å². The van der Waals surface area contributed by atoms with Gasteiger partial charge in [-0.2, -0.15) is 0 Å². The number of nitrogens with zero attached hydrogens (tertiary/aromatic N) is 1. The summed E-state index contributed by atoms with van der Waals surface area (Å²) in [6, 6.07) is 4.12. The van der Waals surface area contributed by atoms with Gasteiger partial charge in [-0.1, -0.05) is 6.07 Å². The van der Waals surface area contributed by atoms with E-state index in [0.717, 1.165) is 25.9 Å². The molecule has 1 atom stereocenters. The van der Waals surface area contributed by atoms with Gasteiger partial charge in [0.05, 0.1) is 7.11 Å². The van der Waals surface area contributed by atoms with Crippen molar-refractivity contribution in [3.05, 3.63) is 22.4 Å². The standard InChI is InChI=1S/C11H15NO2S/c1-14-11(13)10-5-2-6-12(10)8-9-4-3-7-15-9/h3-4,7,10H,2,5-6,8H2,1H3/t10-/m0/s1. The summed E-state index contributed by atoms with van der Waals surface area (Å²) >= 11 is 1.74. The first-order valence-corrected chi connectivity index (χ1v) is 6.03. The lowest BCUT2D eigenvalue weighted by atomic mass is 10.2. The van der Waals surface area contributed by atoms with E-state index in [9.17, 15) is 4.79 Å². The number of carbonyl (C=O) groups is 1. The highest BCUT2D eigenvalue weighted by molar-refractivity contribution is 7.09. The van der Waals surface area contributed by atoms with Gasteiger partial charge in [0, 0.05) is 11.4 Å². The van der Waals surface area contributed by atoms with Crippen LogP contribution in [0.5, 0.6) is 0 Å². The number of ether oxygens (including phenoxy) is 1. The minimum Gasteiger partial charge on any atom is -0.468 e. The van der Waals surface area contributed by atoms with Gasteiger partial charge in [0.1, 0.15) is 6.04 Å². The molecule has 0 bridgehead atoms. The third-order valence-corrected chi connectivity index (χ3v) is 3.64. The number of methoxy groups -OCH3 is 1. The average molecular weight is 225 g/mol. The van der Waals surface area contributed by atoms with E-state index in [-0.39, 0.29) is 12.0 Å². The molecule has 3 nitrogen and oxygen atoms in total. The third-order valence-electron chi connectivity index (χ3n) is 2.78. The Morgan fingerprint density at radius 2 is 2.60 bits per heavy atom. The lowest BCUT2D eigenvalue weighted by Crippen LogP contribution is -2.36. The number of hydrogen-bond acceptors (Lipinski definition) is 4. The second-order valence-corrected chi connectivity index (χ2v) is 4.76. The van der Waals surface area contributed by atoms with Crippen LogP contribution in [-0.4, -0.2) is 30.6 Å². The predicted molar refractivity (Wildman–Crippen MR) is 59.8 cm³/mol. The smallest absolute Gasteiger partial charge is 0.323 e. The van der Waals surface area contributed by atoms with Crippen molar-refractivity contribution in [3.8, 4) is 0 Å². The topological polar surface area (TPSA) is 29.5 Å². The first-order valence-electron chi connectivity index (χ1n) is 5.15. The van der Waals surface area contributed by atoms with Crippen LogP contribution in [0.4, 0.5) is 0 Å². The number of thiophene rings is 1. The van der Waals surface area contributed by atoms with Crippen LogP contribution in [-0.2, 0) is 16.1 Å². The molecule has 0 unspecified atom stereocenters. The van der Waals surface area contributed by atoms with Gasteiger partial charge in [0.15, 0.2) is 0 Å². The highest BCUT2D eigenvalue weighted by Gasteiger charge is 2.31. The molecular weight excluding hydrogens is 210 g/mol. The summed E-state index contributed by atoms with van der Waals surface area (Å²) in [5.41, 5.74) is 0. The fraction of sp³-hybridized carbons (Fsp3) is 0.545. The van der Waals surface area contributed by atoms with Gasteiger partial charge in [-0.05, 0) is 30.8 Å². The largest absolute Gasteiger partial charge is 0.468 e. The van der Waals surface area contributed by atoms with Crippen molar-refractivity contribution in [1.29, 1.82) is 0 Å². The Morgan fingerprint density at radius 3 is 3.27 bits per heavy atom. The molecular formula is C11H15NO2S. The van der Waals surface area contributed by atoms with E-state index in [0.29, 0.717) is 0 Å². The Balaban J connectivity index is 1.99. The van der Waals surface area contributed by atoms with Crippen molar-refractivity contribution in [2.24, 2.45) is 0 Å². The second-order valence-electron chi connectivity index (χ2n) is 3.73. The van der Waals surface area contributed by atoms with E-state index in [1.807, 2.05) is 6.07 Å². The van der Waals surface area contributed by atoms with Crippen LogP contribution < -0.4 is 0 Å². The monoisotopic (exact) mass is 225 g/mol. The zero-order valence-electron chi connectivity index (χ0n) is 8.81. The molecule has 82 valence electrons. The van der Waals surface area contributed by atoms with Crippen molar-refractivity contribution in [3.63, 3.8) is 0 Å². The maximum atomic E-state index is 11.5. The molecule has 0 aromatic carbocycles. The van der Waals surface area contributed by atoms with Crippen LogP contribution in [0, 0.1) is 0 Å². The van der Waals surface area contributed by atoms with Gasteiger partial charge in [0.2, 0.25) is 0 Å². The minimum absolute atomic E-state index is 0.0305. The average Bonchev–Trinajstić information content (AvgIpc) is 2.88. The molecule has 1 aromatic rings. The lowest BCUT2D eigenvalue weighted by Gasteiger charge is -2.21. The fourth-order valence-corrected chi connectivity index (χ4v) is 2.75. The van der Waals surface area contributed by atoms with Crippen LogP contribution in [0.1, 0.15) is 17.7 Å². The van der Waals surface area contributed by atoms with E-state index >= 15 is 0 Å². The normalized spacial score (nSPS) is 21.8. The fourth-order valence-electron chi connectivity index (χ4n) is 2.02. The zero-order chi connectivity index (χ0) is 10.7. The highest BCUT2D eigenvalue weighted by atomic mass is 32.1. The molecule has 0 spiro atoms. The molecule has 0 N–H and O–H groups in total. The minimum atomic E-state index is -0.0935. The molecule has 1 aliphatic heterocycles. The van der Waals surface area contributed by atoms with Crippen LogP contribution >= 0.6 is 11.3 Å². The zero-order valence-corrected chi connectivity index (χ0v) is 9.63. The molecule has 1 fully saturated rings. The van der Waals surface area contributed by atoms with E-state index in [2.05, 4.69) is 16.3 Å². The summed E-state index contributed by atoms with van der Waals surface area (Å²) in [5.74, 6) is -0.0935. The lowest BCUT2D eigenvalue weighted by molar-refractivity contribution is -0.146. The summed E-state index contributed by atoms with van der Waals surface area (Å²) < 4.78 is 4.81. The first kappa shape index (κ1) is 10.6. The van der Waals surface area contributed by atoms with Crippen molar-refractivity contribution < 1.29 is 9.53 Å². The Bertz CT molecular complexity index is 323. The summed E-state index contributed by atoms with van der Waals surface area (Å²) in [6.07, 6.45) is 2.02. The van der Waals surface area contributed by atoms with Gasteiger partial charge < -0.3 is 4.74 Å². The number of esters is 1. The highest BCUT2D eigenvalue weighted by Crippen LogP contribution is 2.22. The SMILES string of the molecule is COC(=O)[C@@H]1CCCN1Cc1cccs1. The van der Waals surface area contributed by atoms with Gasteiger partial charge in [-0.15, -0.1) is 11.3 Å². The molecule has 1 aliphatic rings. The van der Waals surface area contributed by atoms with E-state index in [1.54, 1.807) is 11.3 Å². The molecule has 0 radical (unpaired) electrons. The second kappa shape index (κ2) is 4.77. The van der Waals surface area contributed by atoms with E-state index in [4.69, 9.17) is 4.74 Å². The van der Waals surface area contributed by atoms with Gasteiger partial charge in [-0.25, -0.2) is 0 Å². The quantitative estimate of drug-likeness (QED) is 0.736. The van der Waals surface area contributed by atoms with Crippen LogP contribution in [0.2, 0.25) is 0 Å². The number of carbonyl (C=O) groups excluding carboxylic acids is 1. The van der Waals surface area contributed by atoms with Crippen LogP contribution in [0.25, 0.3) is 0 Å². The Kier molecular flexibility index (Phi) is 3.38. The third kappa shape index (κ3) is 2.38. The number of likely N-dealkylation sites (tertiary alicyclic amines) is 1.